The molecular formula is C10H19NO2. The molecule has 2 unspecified atom stereocenters. The Balaban J connectivity index is 2.69. The van der Waals surface area contributed by atoms with Gasteiger partial charge in [-0.15, -0.1) is 0 Å². The molecule has 1 rings (SSSR count). The standard InChI is InChI=1S/C10H19NO2/c1-4-10(2,7-5-6-7)8(11)9(12)13-3/h7-8H,4-6,11H2,1-3H3. The Hall–Kier alpha value is -0.570. The van der Waals surface area contributed by atoms with Crippen molar-refractivity contribution in [1.82, 2.24) is 0 Å². The lowest BCUT2D eigenvalue weighted by atomic mass is 9.75. The lowest BCUT2D eigenvalue weighted by Crippen LogP contribution is -2.47. The molecule has 76 valence electrons. The number of methoxy groups -OCH3 is 1. The fourth-order valence-corrected chi connectivity index (χ4v) is 1.90. The molecule has 0 amide bonds. The zero-order valence-corrected chi connectivity index (χ0v) is 8.67. The van der Waals surface area contributed by atoms with E-state index < -0.39 is 6.04 Å². The molecule has 1 saturated carbocycles. The largest absolute Gasteiger partial charge is 0.468 e. The van der Waals surface area contributed by atoms with Crippen molar-refractivity contribution < 1.29 is 9.53 Å². The summed E-state index contributed by atoms with van der Waals surface area (Å²) in [6.07, 6.45) is 3.35. The van der Waals surface area contributed by atoms with E-state index in [1.165, 1.54) is 20.0 Å². The van der Waals surface area contributed by atoms with E-state index in [1.54, 1.807) is 0 Å². The Morgan fingerprint density at radius 3 is 2.54 bits per heavy atom. The number of hydrogen-bond donors (Lipinski definition) is 1. The van der Waals surface area contributed by atoms with E-state index in [2.05, 4.69) is 18.6 Å². The van der Waals surface area contributed by atoms with Gasteiger partial charge >= 0.3 is 5.97 Å². The van der Waals surface area contributed by atoms with Gasteiger partial charge in [0.1, 0.15) is 6.04 Å². The molecule has 0 aromatic carbocycles. The number of carbonyl (C=O) groups excluding carboxylic acids is 1. The number of carbonyl (C=O) groups is 1. The summed E-state index contributed by atoms with van der Waals surface area (Å²) in [6, 6.07) is -0.463. The van der Waals surface area contributed by atoms with Crippen LogP contribution in [0, 0.1) is 11.3 Å². The van der Waals surface area contributed by atoms with E-state index in [9.17, 15) is 4.79 Å². The van der Waals surface area contributed by atoms with Gasteiger partial charge in [0.25, 0.3) is 0 Å². The number of nitrogens with two attached hydrogens (primary N) is 1. The van der Waals surface area contributed by atoms with Gasteiger partial charge in [0.05, 0.1) is 7.11 Å². The highest BCUT2D eigenvalue weighted by atomic mass is 16.5. The van der Waals surface area contributed by atoms with Crippen molar-refractivity contribution in [2.24, 2.45) is 17.1 Å². The van der Waals surface area contributed by atoms with Gasteiger partial charge in [-0.25, -0.2) is 0 Å². The Labute approximate surface area is 79.6 Å². The predicted octanol–water partition coefficient (Wildman–Crippen LogP) is 1.31. The molecule has 3 nitrogen and oxygen atoms in total. The molecule has 3 heteroatoms. The lowest BCUT2D eigenvalue weighted by molar-refractivity contribution is -0.145. The second-order valence-electron chi connectivity index (χ2n) is 4.13. The summed E-state index contributed by atoms with van der Waals surface area (Å²) in [5.74, 6) is 0.336. The van der Waals surface area contributed by atoms with Crippen LogP contribution >= 0.6 is 0 Å². The highest BCUT2D eigenvalue weighted by Crippen LogP contribution is 2.49. The first kappa shape index (κ1) is 10.5. The van der Waals surface area contributed by atoms with Crippen molar-refractivity contribution in [1.29, 1.82) is 0 Å². The van der Waals surface area contributed by atoms with Crippen LogP contribution in [-0.4, -0.2) is 19.1 Å². The van der Waals surface area contributed by atoms with Crippen LogP contribution in [0.3, 0.4) is 0 Å². The number of esters is 1. The van der Waals surface area contributed by atoms with Crippen LogP contribution < -0.4 is 5.73 Å². The first-order valence-electron chi connectivity index (χ1n) is 4.89. The fraction of sp³-hybridized carbons (Fsp3) is 0.900. The fourth-order valence-electron chi connectivity index (χ4n) is 1.90. The number of rotatable bonds is 4. The van der Waals surface area contributed by atoms with E-state index in [0.29, 0.717) is 5.92 Å². The van der Waals surface area contributed by atoms with Gasteiger partial charge in [0.2, 0.25) is 0 Å². The van der Waals surface area contributed by atoms with Crippen LogP contribution in [0.5, 0.6) is 0 Å². The molecule has 2 atom stereocenters. The molecule has 1 fully saturated rings. The minimum Gasteiger partial charge on any atom is -0.468 e. The second kappa shape index (κ2) is 3.66. The van der Waals surface area contributed by atoms with Gasteiger partial charge < -0.3 is 10.5 Å². The first-order chi connectivity index (χ1) is 6.06. The number of ether oxygens (including phenoxy) is 1. The zero-order valence-electron chi connectivity index (χ0n) is 8.67. The summed E-state index contributed by atoms with van der Waals surface area (Å²) in [5, 5.41) is 0. The van der Waals surface area contributed by atoms with Crippen molar-refractivity contribution in [3.8, 4) is 0 Å². The van der Waals surface area contributed by atoms with Gasteiger partial charge in [-0.05, 0) is 30.6 Å². The summed E-state index contributed by atoms with van der Waals surface area (Å²) >= 11 is 0. The molecular weight excluding hydrogens is 166 g/mol. The summed E-state index contributed by atoms with van der Waals surface area (Å²) < 4.78 is 4.67. The Kier molecular flexibility index (Phi) is 2.96. The monoisotopic (exact) mass is 185 g/mol. The molecule has 0 radical (unpaired) electrons. The van der Waals surface area contributed by atoms with Crippen molar-refractivity contribution in [2.75, 3.05) is 7.11 Å². The summed E-state index contributed by atoms with van der Waals surface area (Å²) in [4.78, 5) is 11.3. The minimum absolute atomic E-state index is 0.0624. The van der Waals surface area contributed by atoms with Crippen LogP contribution in [0.4, 0.5) is 0 Å². The molecule has 1 aliphatic rings. The molecule has 1 aliphatic carbocycles. The molecule has 0 aromatic rings. The molecule has 2 N–H and O–H groups in total. The van der Waals surface area contributed by atoms with Crippen LogP contribution in [0.1, 0.15) is 33.1 Å². The van der Waals surface area contributed by atoms with Gasteiger partial charge in [0.15, 0.2) is 0 Å². The lowest BCUT2D eigenvalue weighted by Gasteiger charge is -2.32. The van der Waals surface area contributed by atoms with E-state index in [0.717, 1.165) is 6.42 Å². The maximum atomic E-state index is 11.3. The van der Waals surface area contributed by atoms with Crippen molar-refractivity contribution in [3.63, 3.8) is 0 Å². The van der Waals surface area contributed by atoms with Crippen LogP contribution in [-0.2, 0) is 9.53 Å². The minimum atomic E-state index is -0.463. The van der Waals surface area contributed by atoms with E-state index in [4.69, 9.17) is 5.73 Å². The second-order valence-corrected chi connectivity index (χ2v) is 4.13. The van der Waals surface area contributed by atoms with Gasteiger partial charge in [-0.1, -0.05) is 13.8 Å². The SMILES string of the molecule is CCC(C)(C1CC1)C(N)C(=O)OC. The van der Waals surface area contributed by atoms with Crippen molar-refractivity contribution in [2.45, 2.75) is 39.2 Å². The third-order valence-electron chi connectivity index (χ3n) is 3.44. The molecule has 0 heterocycles. The smallest absolute Gasteiger partial charge is 0.323 e. The van der Waals surface area contributed by atoms with Crippen molar-refractivity contribution >= 4 is 5.97 Å². The van der Waals surface area contributed by atoms with Gasteiger partial charge in [0, 0.05) is 0 Å². The molecule has 0 aliphatic heterocycles. The van der Waals surface area contributed by atoms with E-state index in [-0.39, 0.29) is 11.4 Å². The average molecular weight is 185 g/mol. The van der Waals surface area contributed by atoms with Crippen LogP contribution in [0.25, 0.3) is 0 Å². The first-order valence-corrected chi connectivity index (χ1v) is 4.89. The summed E-state index contributed by atoms with van der Waals surface area (Å²) in [6.45, 7) is 4.17. The quantitative estimate of drug-likeness (QED) is 0.672. The Bertz CT molecular complexity index is 201. The van der Waals surface area contributed by atoms with Gasteiger partial charge in [-0.3, -0.25) is 4.79 Å². The van der Waals surface area contributed by atoms with Crippen LogP contribution in [0.2, 0.25) is 0 Å². The Morgan fingerprint density at radius 2 is 2.23 bits per heavy atom. The third-order valence-corrected chi connectivity index (χ3v) is 3.44. The maximum Gasteiger partial charge on any atom is 0.323 e. The molecule has 0 saturated heterocycles. The molecule has 0 aromatic heterocycles. The number of hydrogen-bond acceptors (Lipinski definition) is 3. The average Bonchev–Trinajstić information content (AvgIpc) is 2.97. The Morgan fingerprint density at radius 1 is 1.69 bits per heavy atom. The maximum absolute atomic E-state index is 11.3. The third kappa shape index (κ3) is 1.85. The highest BCUT2D eigenvalue weighted by molar-refractivity contribution is 5.76. The zero-order chi connectivity index (χ0) is 10.1. The molecule has 0 bridgehead atoms. The topological polar surface area (TPSA) is 52.3 Å². The normalized spacial score (nSPS) is 23.4. The molecule has 0 spiro atoms. The summed E-state index contributed by atoms with van der Waals surface area (Å²) in [7, 11) is 1.39. The highest BCUT2D eigenvalue weighted by Gasteiger charge is 2.47. The van der Waals surface area contributed by atoms with E-state index >= 15 is 0 Å². The van der Waals surface area contributed by atoms with Gasteiger partial charge in [-0.2, -0.15) is 0 Å². The molecule has 13 heavy (non-hydrogen) atoms. The van der Waals surface area contributed by atoms with Crippen molar-refractivity contribution in [3.05, 3.63) is 0 Å². The predicted molar refractivity (Wildman–Crippen MR) is 51.1 cm³/mol. The summed E-state index contributed by atoms with van der Waals surface area (Å²) in [5.41, 5.74) is 5.82. The van der Waals surface area contributed by atoms with Crippen LogP contribution in [0.15, 0.2) is 0 Å². The van der Waals surface area contributed by atoms with E-state index in [1.807, 2.05) is 0 Å².